The van der Waals surface area contributed by atoms with Crippen LogP contribution in [0.2, 0.25) is 5.02 Å². The van der Waals surface area contributed by atoms with Crippen LogP contribution in [0.1, 0.15) is 16.8 Å². The molecule has 1 atom stereocenters. The molecule has 1 saturated heterocycles. The molecule has 0 radical (unpaired) electrons. The predicted octanol–water partition coefficient (Wildman–Crippen LogP) is 2.28. The second kappa shape index (κ2) is 4.73. The van der Waals surface area contributed by atoms with E-state index in [-0.39, 0.29) is 11.9 Å². The third-order valence-corrected chi connectivity index (χ3v) is 3.89. The fourth-order valence-electron chi connectivity index (χ4n) is 1.78. The Balaban J connectivity index is 2.18. The van der Waals surface area contributed by atoms with Crippen molar-refractivity contribution < 1.29 is 4.79 Å². The van der Waals surface area contributed by atoms with Gasteiger partial charge in [0.25, 0.3) is 5.91 Å². The van der Waals surface area contributed by atoms with Crippen LogP contribution in [0.15, 0.2) is 22.7 Å². The van der Waals surface area contributed by atoms with E-state index in [4.69, 9.17) is 17.3 Å². The van der Waals surface area contributed by atoms with Crippen LogP contribution in [0.25, 0.3) is 0 Å². The molecule has 3 nitrogen and oxygen atoms in total. The van der Waals surface area contributed by atoms with Gasteiger partial charge in [-0.3, -0.25) is 4.79 Å². The molecule has 0 bridgehead atoms. The molecular weight excluding hydrogens is 291 g/mol. The lowest BCUT2D eigenvalue weighted by Crippen LogP contribution is -2.31. The van der Waals surface area contributed by atoms with E-state index in [1.807, 2.05) is 0 Å². The molecule has 1 amide bonds. The summed E-state index contributed by atoms with van der Waals surface area (Å²) in [6.07, 6.45) is 0.875. The zero-order valence-electron chi connectivity index (χ0n) is 8.62. The second-order valence-electron chi connectivity index (χ2n) is 3.93. The number of likely N-dealkylation sites (tertiary alicyclic amines) is 1. The zero-order chi connectivity index (χ0) is 11.7. The van der Waals surface area contributed by atoms with Gasteiger partial charge in [0.1, 0.15) is 0 Å². The lowest BCUT2D eigenvalue weighted by molar-refractivity contribution is 0.0791. The molecule has 0 aliphatic carbocycles. The van der Waals surface area contributed by atoms with Crippen LogP contribution in [-0.4, -0.2) is 29.9 Å². The molecule has 1 aromatic carbocycles. The summed E-state index contributed by atoms with van der Waals surface area (Å²) in [6, 6.07) is 5.31. The Morgan fingerprint density at radius 2 is 2.31 bits per heavy atom. The number of amides is 1. The van der Waals surface area contributed by atoms with Crippen molar-refractivity contribution in [2.75, 3.05) is 13.1 Å². The lowest BCUT2D eigenvalue weighted by atomic mass is 10.2. The van der Waals surface area contributed by atoms with E-state index in [2.05, 4.69) is 15.9 Å². The number of hydrogen-bond donors (Lipinski definition) is 1. The van der Waals surface area contributed by atoms with Crippen molar-refractivity contribution in [2.24, 2.45) is 5.73 Å². The first-order valence-electron chi connectivity index (χ1n) is 5.08. The summed E-state index contributed by atoms with van der Waals surface area (Å²) >= 11 is 9.18. The maximum Gasteiger partial charge on any atom is 0.253 e. The molecule has 0 spiro atoms. The summed E-state index contributed by atoms with van der Waals surface area (Å²) in [5.41, 5.74) is 6.41. The first kappa shape index (κ1) is 11.9. The van der Waals surface area contributed by atoms with Crippen LogP contribution in [-0.2, 0) is 0 Å². The molecule has 0 saturated carbocycles. The highest BCUT2D eigenvalue weighted by molar-refractivity contribution is 9.10. The molecule has 1 unspecified atom stereocenters. The van der Waals surface area contributed by atoms with Crippen LogP contribution in [0.4, 0.5) is 0 Å². The molecule has 5 heteroatoms. The predicted molar refractivity (Wildman–Crippen MR) is 67.6 cm³/mol. The van der Waals surface area contributed by atoms with Gasteiger partial charge in [-0.1, -0.05) is 11.6 Å². The largest absolute Gasteiger partial charge is 0.337 e. The number of rotatable bonds is 1. The van der Waals surface area contributed by atoms with Crippen LogP contribution >= 0.6 is 27.5 Å². The Labute approximate surface area is 108 Å². The van der Waals surface area contributed by atoms with Gasteiger partial charge >= 0.3 is 0 Å². The van der Waals surface area contributed by atoms with Gasteiger partial charge in [-0.25, -0.2) is 0 Å². The van der Waals surface area contributed by atoms with Gasteiger partial charge in [-0.05, 0) is 40.5 Å². The van der Waals surface area contributed by atoms with E-state index in [1.165, 1.54) is 0 Å². The average Bonchev–Trinajstić information content (AvgIpc) is 2.68. The van der Waals surface area contributed by atoms with E-state index in [9.17, 15) is 4.79 Å². The first-order valence-corrected chi connectivity index (χ1v) is 6.25. The summed E-state index contributed by atoms with van der Waals surface area (Å²) in [6.45, 7) is 1.37. The summed E-state index contributed by atoms with van der Waals surface area (Å²) in [4.78, 5) is 13.8. The van der Waals surface area contributed by atoms with Crippen LogP contribution < -0.4 is 5.73 Å². The zero-order valence-corrected chi connectivity index (χ0v) is 11.0. The standard InChI is InChI=1S/C11H12BrClN2O/c12-9-5-7(1-2-10(9)13)11(16)15-4-3-8(14)6-15/h1-2,5,8H,3-4,6,14H2. The lowest BCUT2D eigenvalue weighted by Gasteiger charge is -2.15. The minimum atomic E-state index is 0.0188. The van der Waals surface area contributed by atoms with Crippen LogP contribution in [0.5, 0.6) is 0 Å². The number of benzene rings is 1. The Kier molecular flexibility index (Phi) is 3.52. The fourth-order valence-corrected chi connectivity index (χ4v) is 2.28. The smallest absolute Gasteiger partial charge is 0.253 e. The van der Waals surface area contributed by atoms with Gasteiger partial charge in [0.15, 0.2) is 0 Å². The summed E-state index contributed by atoms with van der Waals surface area (Å²) in [5, 5.41) is 0.606. The third kappa shape index (κ3) is 2.39. The molecular formula is C11H12BrClN2O. The summed E-state index contributed by atoms with van der Waals surface area (Å²) in [5.74, 6) is 0.0188. The van der Waals surface area contributed by atoms with Gasteiger partial charge in [0.05, 0.1) is 5.02 Å². The maximum absolute atomic E-state index is 12.1. The quantitative estimate of drug-likeness (QED) is 0.865. The van der Waals surface area contributed by atoms with Gasteiger partial charge in [0.2, 0.25) is 0 Å². The molecule has 1 aliphatic rings. The third-order valence-electron chi connectivity index (χ3n) is 2.68. The summed E-state index contributed by atoms with van der Waals surface area (Å²) < 4.78 is 0.739. The normalized spacial score (nSPS) is 20.2. The van der Waals surface area contributed by atoms with Crippen molar-refractivity contribution in [1.29, 1.82) is 0 Å². The van der Waals surface area contributed by atoms with E-state index in [0.717, 1.165) is 17.4 Å². The van der Waals surface area contributed by atoms with E-state index < -0.39 is 0 Å². The van der Waals surface area contributed by atoms with Gasteiger partial charge < -0.3 is 10.6 Å². The molecule has 1 aromatic rings. The SMILES string of the molecule is NC1CCN(C(=O)c2ccc(Cl)c(Br)c2)C1. The number of hydrogen-bond acceptors (Lipinski definition) is 2. The summed E-state index contributed by atoms with van der Waals surface area (Å²) in [7, 11) is 0. The maximum atomic E-state index is 12.1. The van der Waals surface area contributed by atoms with Crippen LogP contribution in [0.3, 0.4) is 0 Å². The second-order valence-corrected chi connectivity index (χ2v) is 5.19. The molecule has 2 rings (SSSR count). The average molecular weight is 304 g/mol. The monoisotopic (exact) mass is 302 g/mol. The first-order chi connectivity index (χ1) is 7.58. The number of nitrogens with zero attached hydrogens (tertiary/aromatic N) is 1. The minimum Gasteiger partial charge on any atom is -0.337 e. The Hall–Kier alpha value is -0.580. The van der Waals surface area contributed by atoms with E-state index >= 15 is 0 Å². The Morgan fingerprint density at radius 3 is 2.88 bits per heavy atom. The number of carbonyl (C=O) groups is 1. The molecule has 0 aromatic heterocycles. The van der Waals surface area contributed by atoms with Gasteiger partial charge in [0, 0.05) is 29.2 Å². The van der Waals surface area contributed by atoms with Crippen molar-refractivity contribution in [3.8, 4) is 0 Å². The van der Waals surface area contributed by atoms with Crippen molar-refractivity contribution in [2.45, 2.75) is 12.5 Å². The molecule has 16 heavy (non-hydrogen) atoms. The molecule has 1 aliphatic heterocycles. The Morgan fingerprint density at radius 1 is 1.56 bits per heavy atom. The minimum absolute atomic E-state index is 0.0188. The van der Waals surface area contributed by atoms with Crippen molar-refractivity contribution in [3.63, 3.8) is 0 Å². The number of halogens is 2. The van der Waals surface area contributed by atoms with Crippen LogP contribution in [0, 0.1) is 0 Å². The highest BCUT2D eigenvalue weighted by atomic mass is 79.9. The van der Waals surface area contributed by atoms with Crippen molar-refractivity contribution in [1.82, 2.24) is 4.90 Å². The van der Waals surface area contributed by atoms with Gasteiger partial charge in [-0.2, -0.15) is 0 Å². The fraction of sp³-hybridized carbons (Fsp3) is 0.364. The molecule has 86 valence electrons. The Bertz CT molecular complexity index is 424. The highest BCUT2D eigenvalue weighted by Gasteiger charge is 2.24. The van der Waals surface area contributed by atoms with Crippen molar-refractivity contribution >= 4 is 33.4 Å². The van der Waals surface area contributed by atoms with E-state index in [0.29, 0.717) is 17.1 Å². The number of carbonyl (C=O) groups excluding carboxylic acids is 1. The van der Waals surface area contributed by atoms with E-state index in [1.54, 1.807) is 23.1 Å². The topological polar surface area (TPSA) is 46.3 Å². The molecule has 2 N–H and O–H groups in total. The molecule has 1 heterocycles. The van der Waals surface area contributed by atoms with Crippen molar-refractivity contribution in [3.05, 3.63) is 33.3 Å². The highest BCUT2D eigenvalue weighted by Crippen LogP contribution is 2.24. The molecule has 1 fully saturated rings. The number of nitrogens with two attached hydrogens (primary N) is 1. The van der Waals surface area contributed by atoms with Gasteiger partial charge in [-0.15, -0.1) is 0 Å².